The Bertz CT molecular complexity index is 397. The molecule has 0 atom stereocenters. The molecule has 0 saturated heterocycles. The summed E-state index contributed by atoms with van der Waals surface area (Å²) in [5.41, 5.74) is 2.83. The van der Waals surface area contributed by atoms with Crippen molar-refractivity contribution in [3.8, 4) is 0 Å². The van der Waals surface area contributed by atoms with E-state index in [9.17, 15) is 0 Å². The van der Waals surface area contributed by atoms with Crippen molar-refractivity contribution >= 4 is 39.6 Å². The lowest BCUT2D eigenvalue weighted by Crippen LogP contribution is -1.86. The van der Waals surface area contributed by atoms with Crippen molar-refractivity contribution in [1.82, 2.24) is 9.97 Å². The van der Waals surface area contributed by atoms with Gasteiger partial charge in [0.25, 0.3) is 0 Å². The van der Waals surface area contributed by atoms with Crippen LogP contribution in [0.25, 0.3) is 11.0 Å². The predicted molar refractivity (Wildman–Crippen MR) is 57.2 cm³/mol. The van der Waals surface area contributed by atoms with Gasteiger partial charge in [-0.05, 0) is 18.2 Å². The topological polar surface area (TPSA) is 37.8 Å². The van der Waals surface area contributed by atoms with Crippen LogP contribution in [0.5, 0.6) is 0 Å². The number of halogens is 1. The van der Waals surface area contributed by atoms with Gasteiger partial charge in [0.1, 0.15) is 5.52 Å². The zero-order chi connectivity index (χ0) is 8.39. The lowest BCUT2D eigenvalue weighted by atomic mass is 10.3. The highest BCUT2D eigenvalue weighted by Gasteiger charge is 1.98. The molecule has 0 aliphatic carbocycles. The third kappa shape index (κ3) is 1.22. The summed E-state index contributed by atoms with van der Waals surface area (Å²) >= 11 is 2.08. The molecule has 0 aliphatic heterocycles. The number of nitrogens with one attached hydrogen (secondary N) is 1. The standard InChI is InChI=1S/C8H6IN3/c9-12-7-3-5-10-6-2-1-4-11-8(6)7/h1-5H,(H,10,12). The van der Waals surface area contributed by atoms with Crippen LogP contribution in [0.2, 0.25) is 0 Å². The van der Waals surface area contributed by atoms with Gasteiger partial charge in [0.15, 0.2) is 0 Å². The average Bonchev–Trinajstić information content (AvgIpc) is 2.17. The van der Waals surface area contributed by atoms with E-state index >= 15 is 0 Å². The second kappa shape index (κ2) is 3.22. The summed E-state index contributed by atoms with van der Waals surface area (Å²) in [7, 11) is 0. The van der Waals surface area contributed by atoms with Crippen LogP contribution in [-0.2, 0) is 0 Å². The summed E-state index contributed by atoms with van der Waals surface area (Å²) in [6.07, 6.45) is 3.53. The molecule has 12 heavy (non-hydrogen) atoms. The van der Waals surface area contributed by atoms with Crippen LogP contribution in [0, 0.1) is 0 Å². The van der Waals surface area contributed by atoms with Crippen molar-refractivity contribution in [3.05, 3.63) is 30.6 Å². The van der Waals surface area contributed by atoms with Gasteiger partial charge in [-0.2, -0.15) is 0 Å². The Balaban J connectivity index is 2.79. The first kappa shape index (κ1) is 7.72. The lowest BCUT2D eigenvalue weighted by Gasteiger charge is -2.00. The van der Waals surface area contributed by atoms with E-state index < -0.39 is 0 Å². The van der Waals surface area contributed by atoms with Crippen LogP contribution in [0.4, 0.5) is 5.69 Å². The number of hydrogen-bond donors (Lipinski definition) is 1. The molecular weight excluding hydrogens is 265 g/mol. The lowest BCUT2D eigenvalue weighted by molar-refractivity contribution is 1.34. The molecule has 0 aromatic carbocycles. The number of fused-ring (bicyclic) bond motifs is 1. The van der Waals surface area contributed by atoms with Crippen LogP contribution in [0.15, 0.2) is 30.6 Å². The van der Waals surface area contributed by atoms with E-state index in [4.69, 9.17) is 0 Å². The van der Waals surface area contributed by atoms with E-state index in [1.807, 2.05) is 18.2 Å². The zero-order valence-corrected chi connectivity index (χ0v) is 8.32. The third-order valence-electron chi connectivity index (χ3n) is 1.60. The number of pyridine rings is 2. The fourth-order valence-corrected chi connectivity index (χ4v) is 1.49. The number of nitrogens with zero attached hydrogens (tertiary/aromatic N) is 2. The van der Waals surface area contributed by atoms with Crippen LogP contribution in [0.1, 0.15) is 0 Å². The SMILES string of the molecule is INc1ccnc2cccnc12. The van der Waals surface area contributed by atoms with Gasteiger partial charge in [-0.25, -0.2) is 0 Å². The molecule has 2 rings (SSSR count). The first-order valence-corrected chi connectivity index (χ1v) is 4.56. The fraction of sp³-hybridized carbons (Fsp3) is 0. The summed E-state index contributed by atoms with van der Waals surface area (Å²) in [5.74, 6) is 0. The van der Waals surface area contributed by atoms with Crippen molar-refractivity contribution in [3.63, 3.8) is 0 Å². The monoisotopic (exact) mass is 271 g/mol. The molecule has 0 unspecified atom stereocenters. The maximum atomic E-state index is 4.22. The van der Waals surface area contributed by atoms with Crippen LogP contribution in [-0.4, -0.2) is 9.97 Å². The highest BCUT2D eigenvalue weighted by molar-refractivity contribution is 14.1. The van der Waals surface area contributed by atoms with Gasteiger partial charge in [-0.15, -0.1) is 0 Å². The number of rotatable bonds is 1. The van der Waals surface area contributed by atoms with E-state index in [2.05, 4.69) is 36.4 Å². The highest BCUT2D eigenvalue weighted by Crippen LogP contribution is 2.19. The van der Waals surface area contributed by atoms with Crippen molar-refractivity contribution < 1.29 is 0 Å². The minimum Gasteiger partial charge on any atom is -0.326 e. The quantitative estimate of drug-likeness (QED) is 0.639. The molecule has 0 radical (unpaired) electrons. The Morgan fingerprint density at radius 1 is 1.17 bits per heavy atom. The molecule has 2 aromatic rings. The molecule has 0 fully saturated rings. The summed E-state index contributed by atoms with van der Waals surface area (Å²) in [5, 5.41) is 0. The molecule has 0 amide bonds. The average molecular weight is 271 g/mol. The molecule has 0 spiro atoms. The summed E-state index contributed by atoms with van der Waals surface area (Å²) in [6.45, 7) is 0. The first-order valence-electron chi connectivity index (χ1n) is 3.48. The molecule has 2 aromatic heterocycles. The van der Waals surface area contributed by atoms with Gasteiger partial charge >= 0.3 is 0 Å². The summed E-state index contributed by atoms with van der Waals surface area (Å²) in [4.78, 5) is 8.41. The second-order valence-corrected chi connectivity index (χ2v) is 2.86. The zero-order valence-electron chi connectivity index (χ0n) is 6.16. The Kier molecular flexibility index (Phi) is 2.07. The van der Waals surface area contributed by atoms with Crippen LogP contribution < -0.4 is 3.53 Å². The Hall–Kier alpha value is -0.910. The van der Waals surface area contributed by atoms with Crippen molar-refractivity contribution in [2.45, 2.75) is 0 Å². The molecule has 0 aliphatic rings. The maximum absolute atomic E-state index is 4.22. The molecule has 2 heterocycles. The number of hydrogen-bond acceptors (Lipinski definition) is 3. The van der Waals surface area contributed by atoms with E-state index in [0.717, 1.165) is 16.7 Å². The van der Waals surface area contributed by atoms with E-state index in [-0.39, 0.29) is 0 Å². The van der Waals surface area contributed by atoms with Gasteiger partial charge < -0.3 is 3.53 Å². The van der Waals surface area contributed by atoms with Gasteiger partial charge in [0.2, 0.25) is 0 Å². The van der Waals surface area contributed by atoms with Crippen molar-refractivity contribution in [1.29, 1.82) is 0 Å². The van der Waals surface area contributed by atoms with Gasteiger partial charge in [0, 0.05) is 12.4 Å². The molecule has 4 heteroatoms. The minimum absolute atomic E-state index is 0.911. The maximum Gasteiger partial charge on any atom is 0.112 e. The largest absolute Gasteiger partial charge is 0.326 e. The van der Waals surface area contributed by atoms with E-state index in [0.29, 0.717) is 0 Å². The Labute approximate surface area is 83.7 Å². The van der Waals surface area contributed by atoms with E-state index in [1.54, 1.807) is 12.4 Å². The minimum atomic E-state index is 0.911. The smallest absolute Gasteiger partial charge is 0.112 e. The predicted octanol–water partition coefficient (Wildman–Crippen LogP) is 2.39. The highest BCUT2D eigenvalue weighted by atomic mass is 127. The van der Waals surface area contributed by atoms with Crippen LogP contribution in [0.3, 0.4) is 0 Å². The molecular formula is C8H6IN3. The Morgan fingerprint density at radius 3 is 2.92 bits per heavy atom. The summed E-state index contributed by atoms with van der Waals surface area (Å²) in [6, 6.07) is 5.73. The third-order valence-corrected chi connectivity index (χ3v) is 2.18. The van der Waals surface area contributed by atoms with Gasteiger partial charge in [-0.3, -0.25) is 9.97 Å². The summed E-state index contributed by atoms with van der Waals surface area (Å²) < 4.78 is 3.04. The van der Waals surface area contributed by atoms with Gasteiger partial charge in [0.05, 0.1) is 34.1 Å². The second-order valence-electron chi connectivity index (χ2n) is 2.32. The van der Waals surface area contributed by atoms with Crippen molar-refractivity contribution in [2.75, 3.05) is 3.53 Å². The molecule has 0 saturated carbocycles. The molecule has 0 bridgehead atoms. The molecule has 1 N–H and O–H groups in total. The van der Waals surface area contributed by atoms with E-state index in [1.165, 1.54) is 0 Å². The normalized spacial score (nSPS) is 10.1. The number of anilines is 1. The van der Waals surface area contributed by atoms with Crippen molar-refractivity contribution in [2.24, 2.45) is 0 Å². The number of aromatic nitrogens is 2. The fourth-order valence-electron chi connectivity index (χ4n) is 1.06. The molecule has 3 nitrogen and oxygen atoms in total. The Morgan fingerprint density at radius 2 is 2.08 bits per heavy atom. The first-order chi connectivity index (χ1) is 5.92. The molecule has 60 valence electrons. The van der Waals surface area contributed by atoms with Crippen LogP contribution >= 0.6 is 22.9 Å². The van der Waals surface area contributed by atoms with Gasteiger partial charge in [-0.1, -0.05) is 0 Å².